The van der Waals surface area contributed by atoms with Crippen LogP contribution in [0.4, 0.5) is 5.88 Å². The van der Waals surface area contributed by atoms with Crippen molar-refractivity contribution in [3.05, 3.63) is 6.20 Å². The summed E-state index contributed by atoms with van der Waals surface area (Å²) in [7, 11) is 0. The van der Waals surface area contributed by atoms with E-state index >= 15 is 0 Å². The minimum atomic E-state index is 0.321. The fraction of sp³-hybridized carbons (Fsp3) is 0.667. The summed E-state index contributed by atoms with van der Waals surface area (Å²) in [5.74, 6) is 0.321. The summed E-state index contributed by atoms with van der Waals surface area (Å²) < 4.78 is 9.91. The van der Waals surface area contributed by atoms with Crippen LogP contribution in [0.25, 0.3) is 0 Å². The highest BCUT2D eigenvalue weighted by Crippen LogP contribution is 1.93. The molecular formula is C6H11N4O2+. The van der Waals surface area contributed by atoms with Crippen LogP contribution in [0.3, 0.4) is 0 Å². The molecule has 0 bridgehead atoms. The number of nitrogens with zero attached hydrogens (tertiary/aromatic N) is 3. The highest BCUT2D eigenvalue weighted by molar-refractivity contribution is 5.11. The van der Waals surface area contributed by atoms with Crippen LogP contribution < -0.4 is 15.5 Å². The van der Waals surface area contributed by atoms with Crippen molar-refractivity contribution in [3.63, 3.8) is 0 Å². The van der Waals surface area contributed by atoms with Crippen molar-refractivity contribution in [2.75, 3.05) is 37.0 Å². The molecule has 1 fully saturated rings. The molecule has 0 atom stereocenters. The van der Waals surface area contributed by atoms with Crippen molar-refractivity contribution in [2.24, 2.45) is 0 Å². The summed E-state index contributed by atoms with van der Waals surface area (Å²) in [6.45, 7) is 3.08. The Kier molecular flexibility index (Phi) is 1.83. The van der Waals surface area contributed by atoms with E-state index in [1.54, 1.807) is 11.0 Å². The first kappa shape index (κ1) is 7.35. The van der Waals surface area contributed by atoms with Gasteiger partial charge in [0.25, 0.3) is 12.1 Å². The van der Waals surface area contributed by atoms with Gasteiger partial charge in [-0.15, -0.1) is 5.01 Å². The van der Waals surface area contributed by atoms with Gasteiger partial charge in [-0.1, -0.05) is 0 Å². The van der Waals surface area contributed by atoms with E-state index in [4.69, 9.17) is 15.0 Å². The van der Waals surface area contributed by atoms with Crippen LogP contribution in [0, 0.1) is 0 Å². The van der Waals surface area contributed by atoms with Crippen LogP contribution in [0.2, 0.25) is 0 Å². The Morgan fingerprint density at radius 3 is 2.83 bits per heavy atom. The second-order valence-corrected chi connectivity index (χ2v) is 2.59. The first-order chi connectivity index (χ1) is 5.86. The van der Waals surface area contributed by atoms with E-state index in [0.717, 1.165) is 26.3 Å². The number of morpholine rings is 1. The van der Waals surface area contributed by atoms with Gasteiger partial charge in [0, 0.05) is 0 Å². The molecule has 6 heteroatoms. The SMILES string of the molecule is [15NH2]c1c[15n+](N2CCOCC2)[15n]o1. The highest BCUT2D eigenvalue weighted by atomic mass is 16.8. The molecule has 1 aliphatic heterocycles. The van der Waals surface area contributed by atoms with Gasteiger partial charge in [-0.05, 0) is 0 Å². The number of rotatable bonds is 1. The van der Waals surface area contributed by atoms with Crippen molar-refractivity contribution in [1.29, 1.82) is 0 Å². The third-order valence-electron chi connectivity index (χ3n) is 1.75. The molecule has 1 saturated heterocycles. The largest absolute Gasteiger partial charge is 0.377 e. The van der Waals surface area contributed by atoms with E-state index in [0.29, 0.717) is 5.88 Å². The average molecular weight is 174 g/mol. The molecule has 0 amide bonds. The minimum absolute atomic E-state index is 0.321. The first-order valence-corrected chi connectivity index (χ1v) is 3.83. The lowest BCUT2D eigenvalue weighted by Crippen LogP contribution is -2.62. The van der Waals surface area contributed by atoms with E-state index < -0.39 is 0 Å². The number of nitrogens with two attached hydrogens (primary N) is 1. The Morgan fingerprint density at radius 2 is 2.25 bits per heavy atom. The van der Waals surface area contributed by atoms with Crippen molar-refractivity contribution < 1.29 is 14.1 Å². The first-order valence-electron chi connectivity index (χ1n) is 3.83. The van der Waals surface area contributed by atoms with Crippen LogP contribution >= 0.6 is 0 Å². The van der Waals surface area contributed by atoms with E-state index in [9.17, 15) is 0 Å². The number of aromatic nitrogens is 2. The minimum Gasteiger partial charge on any atom is -0.377 e. The van der Waals surface area contributed by atoms with Crippen molar-refractivity contribution in [1.82, 2.24) is 5.27 Å². The summed E-state index contributed by atoms with van der Waals surface area (Å²) in [4.78, 5) is 1.61. The van der Waals surface area contributed by atoms with Crippen LogP contribution in [0.1, 0.15) is 0 Å². The van der Waals surface area contributed by atoms with Gasteiger partial charge < -0.3 is 10.5 Å². The van der Waals surface area contributed by atoms with Gasteiger partial charge in [-0.3, -0.25) is 4.52 Å². The molecule has 12 heavy (non-hydrogen) atoms. The van der Waals surface area contributed by atoms with Crippen LogP contribution in [-0.2, 0) is 4.74 Å². The Labute approximate surface area is 69.4 Å². The molecule has 2 rings (SSSR count). The summed E-state index contributed by atoms with van der Waals surface area (Å²) >= 11 is 0. The molecule has 0 saturated carbocycles. The molecular weight excluding hydrogens is 163 g/mol. The standard InChI is InChI=1S/C6H11N4O2/c7-6-5-10(8-12-6)9-1-3-11-4-2-9/h5H,1-4,7H2/q+1/i7+1,8+1,10+1. The monoisotopic (exact) mass is 174 g/mol. The van der Waals surface area contributed by atoms with E-state index in [2.05, 4.69) is 5.27 Å². The topological polar surface area (TPSA) is 68.4 Å². The molecule has 2 N–H and O–H groups in total. The third kappa shape index (κ3) is 1.33. The van der Waals surface area contributed by atoms with Crippen LogP contribution in [-0.4, -0.2) is 31.6 Å². The van der Waals surface area contributed by atoms with Crippen molar-refractivity contribution in [3.8, 4) is 0 Å². The Morgan fingerprint density at radius 1 is 1.50 bits per heavy atom. The smallest absolute Gasteiger partial charge is 0.296 e. The van der Waals surface area contributed by atoms with Gasteiger partial charge in [0.05, 0.1) is 31.1 Å². The maximum Gasteiger partial charge on any atom is 0.296 e. The number of hydrogen-bond acceptors (Lipinski definition) is 5. The highest BCUT2D eigenvalue weighted by Gasteiger charge is 2.21. The molecule has 6 nitrogen and oxygen atoms in total. The number of ether oxygens (including phenoxy) is 1. The zero-order valence-electron chi connectivity index (χ0n) is 6.64. The zero-order chi connectivity index (χ0) is 8.39. The molecule has 66 valence electrons. The Balaban J connectivity index is 2.08. The molecule has 0 unspecified atom stereocenters. The molecule has 1 aromatic heterocycles. The molecule has 1 aliphatic rings. The summed E-state index contributed by atoms with van der Waals surface area (Å²) in [5, 5.41) is 5.73. The average Bonchev–Trinajstić information content (AvgIpc) is 2.54. The summed E-state index contributed by atoms with van der Waals surface area (Å²) in [6.07, 6.45) is 1.64. The molecule has 0 aromatic carbocycles. The Hall–Kier alpha value is -1.30. The van der Waals surface area contributed by atoms with Gasteiger partial charge >= 0.3 is 0 Å². The van der Waals surface area contributed by atoms with Crippen molar-refractivity contribution >= 4 is 5.88 Å². The number of hydrogen-bond donors (Lipinski definition) is 1. The lowest BCUT2D eigenvalue weighted by Gasteiger charge is -2.18. The Bertz CT molecular complexity index is 256. The quantitative estimate of drug-likeness (QED) is 0.415. The van der Waals surface area contributed by atoms with E-state index in [1.807, 2.05) is 5.01 Å². The molecule has 1 aromatic rings. The van der Waals surface area contributed by atoms with Gasteiger partial charge in [0.1, 0.15) is 0 Å². The lowest BCUT2D eigenvalue weighted by molar-refractivity contribution is -0.759. The maximum atomic E-state index is 5.38. The van der Waals surface area contributed by atoms with Crippen LogP contribution in [0.5, 0.6) is 0 Å². The normalized spacial score (nSPS) is 18.2. The maximum absolute atomic E-state index is 5.38. The fourth-order valence-corrected chi connectivity index (χ4v) is 1.14. The molecule has 2 heterocycles. The lowest BCUT2D eigenvalue weighted by atomic mass is 10.5. The fourth-order valence-electron chi connectivity index (χ4n) is 1.14. The summed E-state index contributed by atoms with van der Waals surface area (Å²) in [5.41, 5.74) is 5.38. The second-order valence-electron chi connectivity index (χ2n) is 2.59. The number of nitrogen functional groups attached to an aromatic ring is 1. The van der Waals surface area contributed by atoms with Crippen molar-refractivity contribution in [2.45, 2.75) is 0 Å². The second kappa shape index (κ2) is 2.98. The van der Waals surface area contributed by atoms with Gasteiger partial charge in [-0.25, -0.2) is 0 Å². The van der Waals surface area contributed by atoms with Gasteiger partial charge in [-0.2, -0.15) is 0 Å². The predicted octanol–water partition coefficient (Wildman–Crippen LogP) is -1.49. The van der Waals surface area contributed by atoms with Gasteiger partial charge in [0.15, 0.2) is 0 Å². The molecule has 0 aliphatic carbocycles. The zero-order valence-corrected chi connectivity index (χ0v) is 6.64. The molecule has 0 spiro atoms. The third-order valence-corrected chi connectivity index (χ3v) is 1.75. The molecule has 0 radical (unpaired) electrons. The predicted molar refractivity (Wildman–Crippen MR) is 39.9 cm³/mol. The van der Waals surface area contributed by atoms with Crippen LogP contribution in [0.15, 0.2) is 10.7 Å². The number of anilines is 1. The van der Waals surface area contributed by atoms with E-state index in [-0.39, 0.29) is 0 Å². The van der Waals surface area contributed by atoms with E-state index in [1.165, 1.54) is 0 Å². The van der Waals surface area contributed by atoms with Gasteiger partial charge in [0.2, 0.25) is 5.27 Å². The summed E-state index contributed by atoms with van der Waals surface area (Å²) in [6, 6.07) is 0.